The molecule has 0 heterocycles. The van der Waals surface area contributed by atoms with Gasteiger partial charge in [-0.3, -0.25) is 0 Å². The summed E-state index contributed by atoms with van der Waals surface area (Å²) in [5.74, 6) is 0. The van der Waals surface area contributed by atoms with Crippen molar-refractivity contribution < 1.29 is 5.11 Å². The second kappa shape index (κ2) is 3.87. The minimum atomic E-state index is -0.284. The Morgan fingerprint density at radius 2 is 2.14 bits per heavy atom. The molecule has 1 atom stereocenters. The van der Waals surface area contributed by atoms with Gasteiger partial charge in [0.2, 0.25) is 0 Å². The smallest absolute Gasteiger partial charge is 0.0796 e. The van der Waals surface area contributed by atoms with Crippen molar-refractivity contribution in [3.05, 3.63) is 45.5 Å². The number of aliphatic hydroxyl groups excluding tert-OH is 1. The van der Waals surface area contributed by atoms with Crippen molar-refractivity contribution in [3.8, 4) is 0 Å². The van der Waals surface area contributed by atoms with Crippen LogP contribution in [0.3, 0.4) is 0 Å². The van der Waals surface area contributed by atoms with Gasteiger partial charge in [0, 0.05) is 4.48 Å². The molecule has 2 aliphatic rings. The number of allylic oxidation sites excluding steroid dienone is 6. The molecular formula is C12H13BrO. The molecule has 0 fully saturated rings. The molecule has 1 unspecified atom stereocenters. The van der Waals surface area contributed by atoms with Crippen molar-refractivity contribution in [3.63, 3.8) is 0 Å². The Hall–Kier alpha value is -0.600. The Morgan fingerprint density at radius 1 is 1.36 bits per heavy atom. The average Bonchev–Trinajstić information content (AvgIpc) is 2.51. The lowest BCUT2D eigenvalue weighted by Gasteiger charge is -2.07. The first-order chi connectivity index (χ1) is 6.68. The molecule has 0 radical (unpaired) electrons. The molecule has 0 spiro atoms. The van der Waals surface area contributed by atoms with Crippen molar-refractivity contribution >= 4 is 15.9 Å². The van der Waals surface area contributed by atoms with Crippen molar-refractivity contribution in [2.24, 2.45) is 0 Å². The van der Waals surface area contributed by atoms with Gasteiger partial charge in [-0.25, -0.2) is 0 Å². The first-order valence-electron chi connectivity index (χ1n) is 4.82. The highest BCUT2D eigenvalue weighted by Gasteiger charge is 2.23. The van der Waals surface area contributed by atoms with E-state index in [9.17, 15) is 5.11 Å². The van der Waals surface area contributed by atoms with Gasteiger partial charge in [0.25, 0.3) is 0 Å². The summed E-state index contributed by atoms with van der Waals surface area (Å²) >= 11 is 3.55. The van der Waals surface area contributed by atoms with E-state index < -0.39 is 0 Å². The SMILES string of the molecule is CC1=C/C=C(/Br)C2=C(/C=C\1)C(O)CC2. The third-order valence-electron chi connectivity index (χ3n) is 2.68. The van der Waals surface area contributed by atoms with Gasteiger partial charge in [-0.05, 0) is 37.0 Å². The zero-order valence-corrected chi connectivity index (χ0v) is 9.71. The molecule has 14 heavy (non-hydrogen) atoms. The lowest BCUT2D eigenvalue weighted by atomic mass is 10.1. The van der Waals surface area contributed by atoms with Crippen LogP contribution in [-0.4, -0.2) is 11.2 Å². The van der Waals surface area contributed by atoms with Crippen LogP contribution in [0.1, 0.15) is 19.8 Å². The van der Waals surface area contributed by atoms with Crippen LogP contribution in [-0.2, 0) is 0 Å². The maximum atomic E-state index is 9.77. The van der Waals surface area contributed by atoms with Crippen LogP contribution >= 0.6 is 15.9 Å². The van der Waals surface area contributed by atoms with Gasteiger partial charge in [0.05, 0.1) is 6.10 Å². The summed E-state index contributed by atoms with van der Waals surface area (Å²) in [5.41, 5.74) is 3.52. The van der Waals surface area contributed by atoms with Crippen molar-refractivity contribution in [1.82, 2.24) is 0 Å². The molecule has 0 aromatic carbocycles. The number of rotatable bonds is 0. The third kappa shape index (κ3) is 1.77. The van der Waals surface area contributed by atoms with E-state index >= 15 is 0 Å². The van der Waals surface area contributed by atoms with Gasteiger partial charge in [-0.2, -0.15) is 0 Å². The lowest BCUT2D eigenvalue weighted by Crippen LogP contribution is -2.02. The van der Waals surface area contributed by atoms with Crippen LogP contribution in [0.4, 0.5) is 0 Å². The Bertz CT molecular complexity index is 372. The molecule has 0 amide bonds. The first-order valence-corrected chi connectivity index (χ1v) is 5.61. The fraction of sp³-hybridized carbons (Fsp3) is 0.333. The summed E-state index contributed by atoms with van der Waals surface area (Å²) in [6, 6.07) is 0. The predicted octanol–water partition coefficient (Wildman–Crippen LogP) is 3.23. The van der Waals surface area contributed by atoms with Gasteiger partial charge in [-0.1, -0.05) is 39.7 Å². The van der Waals surface area contributed by atoms with E-state index in [1.807, 2.05) is 6.08 Å². The van der Waals surface area contributed by atoms with Crippen LogP contribution in [0.15, 0.2) is 45.5 Å². The Morgan fingerprint density at radius 3 is 2.93 bits per heavy atom. The number of aliphatic hydroxyl groups is 1. The molecule has 0 aliphatic heterocycles. The summed E-state index contributed by atoms with van der Waals surface area (Å²) in [7, 11) is 0. The average molecular weight is 253 g/mol. The van der Waals surface area contributed by atoms with E-state index in [1.165, 1.54) is 11.1 Å². The van der Waals surface area contributed by atoms with Crippen LogP contribution in [0.5, 0.6) is 0 Å². The van der Waals surface area contributed by atoms with E-state index in [-0.39, 0.29) is 6.10 Å². The second-order valence-corrected chi connectivity index (χ2v) is 4.60. The Labute approximate surface area is 92.6 Å². The van der Waals surface area contributed by atoms with Gasteiger partial charge in [-0.15, -0.1) is 0 Å². The van der Waals surface area contributed by atoms with Crippen LogP contribution < -0.4 is 0 Å². The Kier molecular flexibility index (Phi) is 2.75. The molecule has 0 saturated carbocycles. The molecule has 0 saturated heterocycles. The number of halogens is 1. The van der Waals surface area contributed by atoms with Gasteiger partial charge in [0.1, 0.15) is 0 Å². The molecule has 0 aromatic rings. The number of hydrogen-bond acceptors (Lipinski definition) is 1. The van der Waals surface area contributed by atoms with Crippen LogP contribution in [0.25, 0.3) is 0 Å². The standard InChI is InChI=1S/C12H13BrO/c1-8-2-4-10-9(5-7-12(10)14)11(13)6-3-8/h2-4,6,12,14H,5,7H2,1H3/b4-2-,6-3?,8-2?,8-3-,10-4?,11-6+,11-9?. The maximum Gasteiger partial charge on any atom is 0.0796 e. The Balaban J connectivity index is 2.45. The third-order valence-corrected chi connectivity index (χ3v) is 3.42. The first kappa shape index (κ1) is 9.94. The molecular weight excluding hydrogens is 240 g/mol. The van der Waals surface area contributed by atoms with E-state index in [0.717, 1.165) is 22.9 Å². The number of hydrogen-bond donors (Lipinski definition) is 1. The van der Waals surface area contributed by atoms with E-state index in [1.54, 1.807) is 0 Å². The summed E-state index contributed by atoms with van der Waals surface area (Å²) in [6.07, 6.45) is 9.75. The normalized spacial score (nSPS) is 36.4. The maximum absolute atomic E-state index is 9.77. The molecule has 2 aliphatic carbocycles. The van der Waals surface area contributed by atoms with E-state index in [4.69, 9.17) is 0 Å². The molecule has 0 aromatic heterocycles. The van der Waals surface area contributed by atoms with E-state index in [2.05, 4.69) is 41.1 Å². The largest absolute Gasteiger partial charge is 0.388 e. The fourth-order valence-corrected chi connectivity index (χ4v) is 2.39. The highest BCUT2D eigenvalue weighted by Crippen LogP contribution is 2.36. The zero-order chi connectivity index (χ0) is 10.1. The molecule has 74 valence electrons. The van der Waals surface area contributed by atoms with Crippen molar-refractivity contribution in [2.75, 3.05) is 0 Å². The van der Waals surface area contributed by atoms with Gasteiger partial charge >= 0.3 is 0 Å². The fourth-order valence-electron chi connectivity index (χ4n) is 1.83. The second-order valence-electron chi connectivity index (χ2n) is 3.75. The minimum Gasteiger partial charge on any atom is -0.388 e. The predicted molar refractivity (Wildman–Crippen MR) is 62.2 cm³/mol. The minimum absolute atomic E-state index is 0.284. The van der Waals surface area contributed by atoms with E-state index in [0.29, 0.717) is 0 Å². The van der Waals surface area contributed by atoms with Crippen molar-refractivity contribution in [2.45, 2.75) is 25.9 Å². The molecule has 1 N–H and O–H groups in total. The highest BCUT2D eigenvalue weighted by molar-refractivity contribution is 9.12. The zero-order valence-electron chi connectivity index (χ0n) is 8.13. The highest BCUT2D eigenvalue weighted by atomic mass is 79.9. The molecule has 2 rings (SSSR count). The lowest BCUT2D eigenvalue weighted by molar-refractivity contribution is 0.215. The van der Waals surface area contributed by atoms with Crippen LogP contribution in [0.2, 0.25) is 0 Å². The molecule has 1 nitrogen and oxygen atoms in total. The van der Waals surface area contributed by atoms with Gasteiger partial charge < -0.3 is 5.11 Å². The molecule has 0 bridgehead atoms. The van der Waals surface area contributed by atoms with Gasteiger partial charge in [0.15, 0.2) is 0 Å². The quantitative estimate of drug-likeness (QED) is 0.702. The molecule has 2 heteroatoms. The summed E-state index contributed by atoms with van der Waals surface area (Å²) in [5, 5.41) is 9.77. The summed E-state index contributed by atoms with van der Waals surface area (Å²) in [4.78, 5) is 0. The van der Waals surface area contributed by atoms with Crippen LogP contribution in [0, 0.1) is 0 Å². The monoisotopic (exact) mass is 252 g/mol. The summed E-state index contributed by atoms with van der Waals surface area (Å²) < 4.78 is 1.10. The topological polar surface area (TPSA) is 20.2 Å². The summed E-state index contributed by atoms with van der Waals surface area (Å²) in [6.45, 7) is 2.06. The van der Waals surface area contributed by atoms with Crippen molar-refractivity contribution in [1.29, 1.82) is 0 Å².